The summed E-state index contributed by atoms with van der Waals surface area (Å²) in [5, 5.41) is 66.6. The number of aromatic nitrogens is 6. The van der Waals surface area contributed by atoms with E-state index in [0.717, 1.165) is 0 Å². The number of pyridine rings is 6. The topological polar surface area (TPSA) is 611 Å². The van der Waals surface area contributed by atoms with Gasteiger partial charge in [-0.3, -0.25) is 39.7 Å². The molecule has 6 aromatic heterocycles. The maximum absolute atomic E-state index is 11.1. The predicted octanol–water partition coefficient (Wildman–Crippen LogP) is -11.3. The SMILES string of the molecule is O.O.O.O.O.O.O.O=C([O-])c1cccc(CN(Cc2cccc(C(=O)[O-])n2)Cc2cccc(C(=O)[O-])n2)n1.O=C([O-])c1cccc(CN(Cc2cccc(C(=O)[O-])n2)Cc2cccc(C(=O)[O-])n2)n1.[Ho+3].[Ho+3].[OH3+].[OH3+]. The van der Waals surface area contributed by atoms with Crippen LogP contribution in [0.5, 0.6) is 0 Å². The molecule has 0 unspecified atom stereocenters. The zero-order chi connectivity index (χ0) is 44.8. The van der Waals surface area contributed by atoms with Crippen LogP contribution in [0.3, 0.4) is 0 Å². The molecule has 20 N–H and O–H groups in total. The molecule has 6 rings (SSSR count). The van der Waals surface area contributed by atoms with Crippen molar-refractivity contribution in [1.29, 1.82) is 0 Å². The molecule has 0 aliphatic rings. The van der Waals surface area contributed by atoms with E-state index in [1.165, 1.54) is 72.8 Å². The summed E-state index contributed by atoms with van der Waals surface area (Å²) in [7, 11) is 0. The van der Waals surface area contributed by atoms with Crippen molar-refractivity contribution in [3.8, 4) is 0 Å². The Morgan fingerprint density at radius 3 is 0.521 bits per heavy atom. The minimum atomic E-state index is -1.42. The van der Waals surface area contributed by atoms with E-state index in [2.05, 4.69) is 29.9 Å². The molecule has 0 atom stereocenters. The van der Waals surface area contributed by atoms with E-state index in [9.17, 15) is 59.4 Å². The molecular weight excluding hydrogens is 1280 g/mol. The van der Waals surface area contributed by atoms with Gasteiger partial charge in [0.1, 0.15) is 0 Å². The molecule has 6 aromatic rings. The summed E-state index contributed by atoms with van der Waals surface area (Å²) in [5.41, 5.74) is 1.09. The molecule has 0 aliphatic carbocycles. The Hall–Kier alpha value is -6.20. The van der Waals surface area contributed by atoms with Crippen LogP contribution in [0, 0.1) is 75.5 Å². The Balaban J connectivity index is -0.000000207. The first-order chi connectivity index (χ1) is 29.6. The summed E-state index contributed by atoms with van der Waals surface area (Å²) in [6.07, 6.45) is 0. The van der Waals surface area contributed by atoms with Gasteiger partial charge < -0.3 is 109 Å². The van der Waals surface area contributed by atoms with Crippen LogP contribution in [0.1, 0.15) is 97.1 Å². The van der Waals surface area contributed by atoms with E-state index in [1.807, 2.05) is 0 Å². The van der Waals surface area contributed by atoms with Gasteiger partial charge in [0.15, 0.2) is 0 Å². The van der Waals surface area contributed by atoms with Crippen LogP contribution in [0.15, 0.2) is 109 Å². The molecule has 0 aromatic carbocycles. The number of carboxylic acid groups (broad SMARTS) is 6. The molecule has 0 aliphatic heterocycles. The molecule has 0 bridgehead atoms. The number of carbonyl (C=O) groups excluding carboxylic acids is 6. The molecular formula is C42H50Ho2N8O21+2. The van der Waals surface area contributed by atoms with E-state index < -0.39 is 35.8 Å². The van der Waals surface area contributed by atoms with Crippen LogP contribution >= 0.6 is 0 Å². The first-order valence-corrected chi connectivity index (χ1v) is 18.1. The summed E-state index contributed by atoms with van der Waals surface area (Å²) >= 11 is 0. The molecule has 0 saturated heterocycles. The molecule has 404 valence electrons. The van der Waals surface area contributed by atoms with Crippen LogP contribution in [-0.2, 0) is 50.2 Å². The first kappa shape index (κ1) is 80.9. The third kappa shape index (κ3) is 25.8. The second kappa shape index (κ2) is 39.3. The minimum Gasteiger partial charge on any atom is -0.543 e. The number of nitrogens with zero attached hydrogens (tertiary/aromatic N) is 8. The van der Waals surface area contributed by atoms with Crippen LogP contribution in [0.2, 0.25) is 0 Å². The maximum atomic E-state index is 11.1. The monoisotopic (exact) mass is 1330 g/mol. The van der Waals surface area contributed by atoms with Crippen molar-refractivity contribution in [3.63, 3.8) is 0 Å². The maximum Gasteiger partial charge on any atom is 3.00 e. The molecule has 0 saturated carbocycles. The van der Waals surface area contributed by atoms with Crippen molar-refractivity contribution in [2.24, 2.45) is 0 Å². The van der Waals surface area contributed by atoms with E-state index in [1.54, 1.807) is 46.2 Å². The third-order valence-electron chi connectivity index (χ3n) is 8.41. The number of hydrogen-bond acceptors (Lipinski definition) is 20. The minimum absolute atomic E-state index is 0. The fraction of sp³-hybridized carbons (Fsp3) is 0.143. The van der Waals surface area contributed by atoms with Gasteiger partial charge in [-0.25, -0.2) is 0 Å². The average Bonchev–Trinajstić information content (AvgIpc) is 3.24. The van der Waals surface area contributed by atoms with Gasteiger partial charge in [-0.2, -0.15) is 0 Å². The number of carbonyl (C=O) groups is 6. The first-order valence-electron chi connectivity index (χ1n) is 18.1. The smallest absolute Gasteiger partial charge is 0.543 e. The molecule has 0 radical (unpaired) electrons. The largest absolute Gasteiger partial charge is 3.00 e. The molecule has 0 spiro atoms. The Morgan fingerprint density at radius 1 is 0.288 bits per heavy atom. The van der Waals surface area contributed by atoms with E-state index in [0.29, 0.717) is 34.2 Å². The Bertz CT molecular complexity index is 2200. The van der Waals surface area contributed by atoms with Crippen molar-refractivity contribution < 1.29 is 184 Å². The Labute approximate surface area is 472 Å². The van der Waals surface area contributed by atoms with Crippen molar-refractivity contribution in [2.75, 3.05) is 0 Å². The quantitative estimate of drug-likeness (QED) is 0.0569. The van der Waals surface area contributed by atoms with Crippen LogP contribution in [0.25, 0.3) is 0 Å². The summed E-state index contributed by atoms with van der Waals surface area (Å²) < 4.78 is 0. The summed E-state index contributed by atoms with van der Waals surface area (Å²) in [6.45, 7) is 0.890. The van der Waals surface area contributed by atoms with Crippen molar-refractivity contribution in [1.82, 2.24) is 39.7 Å². The molecule has 29 nitrogen and oxygen atoms in total. The van der Waals surface area contributed by atoms with Crippen molar-refractivity contribution in [2.45, 2.75) is 39.3 Å². The van der Waals surface area contributed by atoms with Gasteiger partial charge in [0, 0.05) is 39.3 Å². The second-order valence-corrected chi connectivity index (χ2v) is 13.1. The third-order valence-corrected chi connectivity index (χ3v) is 8.41. The fourth-order valence-corrected chi connectivity index (χ4v) is 5.80. The summed E-state index contributed by atoms with van der Waals surface area (Å²) in [4.78, 5) is 94.3. The summed E-state index contributed by atoms with van der Waals surface area (Å²) in [6, 6.07) is 26.7. The van der Waals surface area contributed by atoms with Gasteiger partial charge in [-0.1, -0.05) is 36.4 Å². The van der Waals surface area contributed by atoms with Crippen LogP contribution < -0.4 is 30.6 Å². The summed E-state index contributed by atoms with van der Waals surface area (Å²) in [5.74, 6) is -8.50. The van der Waals surface area contributed by atoms with Gasteiger partial charge >= 0.3 is 75.5 Å². The zero-order valence-electron chi connectivity index (χ0n) is 37.4. The van der Waals surface area contributed by atoms with E-state index in [-0.39, 0.29) is 198 Å². The zero-order valence-corrected chi connectivity index (χ0v) is 41.2. The fourth-order valence-electron chi connectivity index (χ4n) is 5.80. The van der Waals surface area contributed by atoms with Gasteiger partial charge in [0.05, 0.1) is 104 Å². The molecule has 0 fully saturated rings. The number of aromatic carboxylic acids is 6. The second-order valence-electron chi connectivity index (χ2n) is 13.1. The average molecular weight is 1330 g/mol. The number of hydrogen-bond donors (Lipinski definition) is 0. The van der Waals surface area contributed by atoms with Crippen LogP contribution in [-0.4, -0.2) is 114 Å². The standard InChI is InChI=1S/2C21H18N4O6.2Ho.9H2O/c2*26-19(27)16-7-1-4-13(22-16)10-25(11-14-5-2-8-17(23-14)20(28)29)12-15-6-3-9-18(24-15)21(30)31;;;;;;;;;;;/h2*1-9H,10-12H2,(H,26,27)(H,28,29)(H,30,31);;;9*1H2/q;;2*+3;;;;;;;;;/p-4. The normalized spacial score (nSPS) is 9.12. The van der Waals surface area contributed by atoms with Gasteiger partial charge in [0.25, 0.3) is 0 Å². The number of carboxylic acids is 6. The van der Waals surface area contributed by atoms with Gasteiger partial charge in [-0.05, 0) is 72.8 Å². The van der Waals surface area contributed by atoms with E-state index >= 15 is 0 Å². The molecule has 73 heavy (non-hydrogen) atoms. The van der Waals surface area contributed by atoms with Crippen LogP contribution in [0.4, 0.5) is 0 Å². The van der Waals surface area contributed by atoms with Gasteiger partial charge in [0.2, 0.25) is 0 Å². The number of rotatable bonds is 18. The molecule has 31 heteroatoms. The molecule has 0 amide bonds. The van der Waals surface area contributed by atoms with Crippen molar-refractivity contribution in [3.05, 3.63) is 178 Å². The molecule has 6 heterocycles. The Morgan fingerprint density at radius 2 is 0.411 bits per heavy atom. The Kier molecular flexibility index (Phi) is 43.6. The predicted molar refractivity (Wildman–Crippen MR) is 232 cm³/mol. The van der Waals surface area contributed by atoms with Gasteiger partial charge in [-0.15, -0.1) is 0 Å². The van der Waals surface area contributed by atoms with Crippen molar-refractivity contribution >= 4 is 35.8 Å². The van der Waals surface area contributed by atoms with E-state index in [4.69, 9.17) is 0 Å².